The van der Waals surface area contributed by atoms with Crippen molar-refractivity contribution in [1.29, 1.82) is 0 Å². The number of carbonyl (C=O) groups excluding carboxylic acids is 3. The van der Waals surface area contributed by atoms with Crippen molar-refractivity contribution in [2.24, 2.45) is 5.73 Å². The Morgan fingerprint density at radius 3 is 2.53 bits per heavy atom. The highest BCUT2D eigenvalue weighted by atomic mass is 16.2. The molecule has 3 amide bonds. The number of primary amides is 1. The van der Waals surface area contributed by atoms with Crippen LogP contribution in [0.4, 0.5) is 5.95 Å². The van der Waals surface area contributed by atoms with E-state index < -0.39 is 5.91 Å². The molecule has 9 heteroatoms. The highest BCUT2D eigenvalue weighted by molar-refractivity contribution is 5.93. The normalized spacial score (nSPS) is 18.3. The summed E-state index contributed by atoms with van der Waals surface area (Å²) in [6.45, 7) is 1.38. The van der Waals surface area contributed by atoms with Gasteiger partial charge in [0.15, 0.2) is 0 Å². The first-order valence-corrected chi connectivity index (χ1v) is 10.9. The summed E-state index contributed by atoms with van der Waals surface area (Å²) in [6, 6.07) is 6.80. The summed E-state index contributed by atoms with van der Waals surface area (Å²) in [7, 11) is 3.74. The summed E-state index contributed by atoms with van der Waals surface area (Å²) >= 11 is 0. The lowest BCUT2D eigenvalue weighted by molar-refractivity contribution is -0.139. The van der Waals surface area contributed by atoms with E-state index in [1.807, 2.05) is 36.0 Å². The van der Waals surface area contributed by atoms with Gasteiger partial charge in [0.25, 0.3) is 0 Å². The first-order valence-electron chi connectivity index (χ1n) is 10.9. The summed E-state index contributed by atoms with van der Waals surface area (Å²) in [4.78, 5) is 51.2. The lowest BCUT2D eigenvalue weighted by atomic mass is 9.98. The van der Waals surface area contributed by atoms with E-state index in [-0.39, 0.29) is 24.4 Å². The monoisotopic (exact) mass is 436 g/mol. The van der Waals surface area contributed by atoms with Gasteiger partial charge in [0, 0.05) is 50.9 Å². The Hall–Kier alpha value is -3.49. The van der Waals surface area contributed by atoms with Gasteiger partial charge < -0.3 is 20.4 Å². The third kappa shape index (κ3) is 4.28. The standard InChI is InChI=1S/C23H28N6O3/c1-27(2)23-25-13-17(15-7-9-16(10-8-15)22(24)32)21(26-23)18-5-3-12-29(18)20(31)14-28-11-4-6-19(28)30/h7-10,13,18H,3-6,11-12,14H2,1-2H3,(H2,24,32)/t18-/m0/s1. The van der Waals surface area contributed by atoms with Crippen LogP contribution < -0.4 is 10.6 Å². The fourth-order valence-corrected chi connectivity index (χ4v) is 4.37. The van der Waals surface area contributed by atoms with Crippen molar-refractivity contribution in [3.05, 3.63) is 41.7 Å². The van der Waals surface area contributed by atoms with Crippen molar-refractivity contribution in [2.45, 2.75) is 31.7 Å². The number of rotatable bonds is 6. The van der Waals surface area contributed by atoms with E-state index in [4.69, 9.17) is 10.7 Å². The minimum Gasteiger partial charge on any atom is -0.366 e. The van der Waals surface area contributed by atoms with Gasteiger partial charge in [0.1, 0.15) is 0 Å². The summed E-state index contributed by atoms with van der Waals surface area (Å²) in [5, 5.41) is 0. The summed E-state index contributed by atoms with van der Waals surface area (Å²) in [5.74, 6) is 0.0654. The van der Waals surface area contributed by atoms with Crippen molar-refractivity contribution in [3.63, 3.8) is 0 Å². The van der Waals surface area contributed by atoms with Crippen molar-refractivity contribution in [1.82, 2.24) is 19.8 Å². The predicted molar refractivity (Wildman–Crippen MR) is 120 cm³/mol. The molecule has 1 aromatic heterocycles. The lowest BCUT2D eigenvalue weighted by Crippen LogP contribution is -2.40. The number of anilines is 1. The van der Waals surface area contributed by atoms with E-state index in [2.05, 4.69) is 4.98 Å². The lowest BCUT2D eigenvalue weighted by Gasteiger charge is -2.28. The molecule has 3 heterocycles. The van der Waals surface area contributed by atoms with Crippen LogP contribution in [-0.2, 0) is 9.59 Å². The number of aromatic nitrogens is 2. The number of nitrogens with two attached hydrogens (primary N) is 1. The highest BCUT2D eigenvalue weighted by Crippen LogP contribution is 2.37. The van der Waals surface area contributed by atoms with Crippen LogP contribution in [0.25, 0.3) is 11.1 Å². The molecular formula is C23H28N6O3. The number of likely N-dealkylation sites (tertiary alicyclic amines) is 2. The van der Waals surface area contributed by atoms with Crippen LogP contribution in [0.5, 0.6) is 0 Å². The van der Waals surface area contributed by atoms with E-state index in [1.54, 1.807) is 23.2 Å². The molecule has 2 saturated heterocycles. The quantitative estimate of drug-likeness (QED) is 0.736. The maximum absolute atomic E-state index is 13.1. The second-order valence-corrected chi connectivity index (χ2v) is 8.47. The number of carbonyl (C=O) groups is 3. The van der Waals surface area contributed by atoms with Crippen LogP contribution in [0, 0.1) is 0 Å². The predicted octanol–water partition coefficient (Wildman–Crippen LogP) is 1.59. The topological polar surface area (TPSA) is 113 Å². The van der Waals surface area contributed by atoms with Crippen molar-refractivity contribution in [2.75, 3.05) is 38.6 Å². The summed E-state index contributed by atoms with van der Waals surface area (Å²) < 4.78 is 0. The van der Waals surface area contributed by atoms with E-state index in [0.717, 1.165) is 36.1 Å². The van der Waals surface area contributed by atoms with Crippen molar-refractivity contribution >= 4 is 23.7 Å². The third-order valence-electron chi connectivity index (χ3n) is 6.07. The largest absolute Gasteiger partial charge is 0.366 e. The molecule has 0 aliphatic carbocycles. The molecule has 0 saturated carbocycles. The zero-order chi connectivity index (χ0) is 22.8. The maximum atomic E-state index is 13.1. The molecule has 4 rings (SSSR count). The summed E-state index contributed by atoms with van der Waals surface area (Å²) in [6.07, 6.45) is 4.74. The Kier molecular flexibility index (Phi) is 6.07. The molecule has 32 heavy (non-hydrogen) atoms. The molecule has 0 unspecified atom stereocenters. The number of hydrogen-bond donors (Lipinski definition) is 1. The Labute approximate surface area is 187 Å². The van der Waals surface area contributed by atoms with Crippen LogP contribution in [0.15, 0.2) is 30.5 Å². The minimum atomic E-state index is -0.486. The molecule has 1 atom stereocenters. The number of nitrogens with zero attached hydrogens (tertiary/aromatic N) is 5. The van der Waals surface area contributed by atoms with Crippen LogP contribution >= 0.6 is 0 Å². The number of amides is 3. The van der Waals surface area contributed by atoms with Gasteiger partial charge in [0.05, 0.1) is 18.3 Å². The molecule has 2 N–H and O–H groups in total. The van der Waals surface area contributed by atoms with Gasteiger partial charge in [-0.1, -0.05) is 12.1 Å². The van der Waals surface area contributed by atoms with Crippen molar-refractivity contribution < 1.29 is 14.4 Å². The van der Waals surface area contributed by atoms with Crippen LogP contribution in [-0.4, -0.2) is 71.2 Å². The maximum Gasteiger partial charge on any atom is 0.248 e. The molecule has 0 radical (unpaired) electrons. The molecule has 2 aliphatic heterocycles. The van der Waals surface area contributed by atoms with Gasteiger partial charge in [-0.3, -0.25) is 14.4 Å². The average Bonchev–Trinajstić information content (AvgIpc) is 3.42. The van der Waals surface area contributed by atoms with Crippen LogP contribution in [0.1, 0.15) is 47.8 Å². The molecule has 0 bridgehead atoms. The molecular weight excluding hydrogens is 408 g/mol. The minimum absolute atomic E-state index is 0.0428. The molecule has 2 fully saturated rings. The zero-order valence-electron chi connectivity index (χ0n) is 18.5. The third-order valence-corrected chi connectivity index (χ3v) is 6.07. The van der Waals surface area contributed by atoms with Gasteiger partial charge in [-0.2, -0.15) is 0 Å². The van der Waals surface area contributed by atoms with Crippen molar-refractivity contribution in [3.8, 4) is 11.1 Å². The molecule has 168 valence electrons. The van der Waals surface area contributed by atoms with E-state index >= 15 is 0 Å². The van der Waals surface area contributed by atoms with Gasteiger partial charge in [-0.25, -0.2) is 9.97 Å². The first kappa shape index (κ1) is 21.7. The van der Waals surface area contributed by atoms with E-state index in [0.29, 0.717) is 31.0 Å². The Morgan fingerprint density at radius 2 is 1.91 bits per heavy atom. The Morgan fingerprint density at radius 1 is 1.16 bits per heavy atom. The SMILES string of the molecule is CN(C)c1ncc(-c2ccc(C(N)=O)cc2)c([C@@H]2CCCN2C(=O)CN2CCCC2=O)n1. The molecule has 1 aromatic carbocycles. The zero-order valence-corrected chi connectivity index (χ0v) is 18.5. The van der Waals surface area contributed by atoms with Gasteiger partial charge in [0.2, 0.25) is 23.7 Å². The molecule has 2 aliphatic rings. The van der Waals surface area contributed by atoms with Crippen LogP contribution in [0.2, 0.25) is 0 Å². The van der Waals surface area contributed by atoms with Gasteiger partial charge >= 0.3 is 0 Å². The molecule has 0 spiro atoms. The summed E-state index contributed by atoms with van der Waals surface area (Å²) in [5.41, 5.74) is 8.23. The van der Waals surface area contributed by atoms with Gasteiger partial charge in [-0.15, -0.1) is 0 Å². The average molecular weight is 437 g/mol. The smallest absolute Gasteiger partial charge is 0.248 e. The second-order valence-electron chi connectivity index (χ2n) is 8.47. The van der Waals surface area contributed by atoms with E-state index in [9.17, 15) is 14.4 Å². The first-order chi connectivity index (χ1) is 15.3. The fourth-order valence-electron chi connectivity index (χ4n) is 4.37. The Bertz CT molecular complexity index is 1040. The second kappa shape index (κ2) is 8.94. The number of hydrogen-bond acceptors (Lipinski definition) is 6. The highest BCUT2D eigenvalue weighted by Gasteiger charge is 2.35. The molecule has 9 nitrogen and oxygen atoms in total. The molecule has 2 aromatic rings. The van der Waals surface area contributed by atoms with E-state index in [1.165, 1.54) is 0 Å². The van der Waals surface area contributed by atoms with Crippen LogP contribution in [0.3, 0.4) is 0 Å². The Balaban J connectivity index is 1.68. The number of benzene rings is 1. The fraction of sp³-hybridized carbons (Fsp3) is 0.435. The van der Waals surface area contributed by atoms with Gasteiger partial charge in [-0.05, 0) is 37.0 Å².